The number of rotatable bonds is 1. The van der Waals surface area contributed by atoms with Gasteiger partial charge in [-0.25, -0.2) is 0 Å². The summed E-state index contributed by atoms with van der Waals surface area (Å²) in [6.07, 6.45) is 1.35. The van der Waals surface area contributed by atoms with E-state index < -0.39 is 0 Å². The van der Waals surface area contributed by atoms with Crippen LogP contribution in [-0.4, -0.2) is 6.61 Å². The molecule has 0 unspecified atom stereocenters. The first-order valence-corrected chi connectivity index (χ1v) is 8.26. The second-order valence-corrected chi connectivity index (χ2v) is 6.92. The molecule has 0 bridgehead atoms. The summed E-state index contributed by atoms with van der Waals surface area (Å²) in [7, 11) is 0. The Labute approximate surface area is 133 Å². The van der Waals surface area contributed by atoms with Gasteiger partial charge >= 0.3 is 0 Å². The highest BCUT2D eigenvalue weighted by Gasteiger charge is 2.41. The Kier molecular flexibility index (Phi) is 3.27. The van der Waals surface area contributed by atoms with Crippen LogP contribution in [0, 0.1) is 12.8 Å². The third kappa shape index (κ3) is 2.29. The summed E-state index contributed by atoms with van der Waals surface area (Å²) in [5.41, 5.74) is 5.18. The zero-order valence-corrected chi connectivity index (χ0v) is 13.6. The number of fused-ring (bicyclic) bond motifs is 3. The topological polar surface area (TPSA) is 21.3 Å². The van der Waals surface area contributed by atoms with Crippen molar-refractivity contribution in [2.75, 3.05) is 11.9 Å². The molecule has 0 aliphatic carbocycles. The van der Waals surface area contributed by atoms with Crippen molar-refractivity contribution in [1.29, 1.82) is 0 Å². The van der Waals surface area contributed by atoms with Crippen LogP contribution >= 0.6 is 15.9 Å². The molecule has 2 aliphatic heterocycles. The van der Waals surface area contributed by atoms with Crippen molar-refractivity contribution >= 4 is 21.6 Å². The Morgan fingerprint density at radius 2 is 1.95 bits per heavy atom. The predicted molar refractivity (Wildman–Crippen MR) is 88.5 cm³/mol. The largest absolute Gasteiger partial charge is 0.378 e. The van der Waals surface area contributed by atoms with Gasteiger partial charge in [-0.05, 0) is 37.1 Å². The highest BCUT2D eigenvalue weighted by Crippen LogP contribution is 2.49. The molecule has 0 radical (unpaired) electrons. The van der Waals surface area contributed by atoms with Crippen molar-refractivity contribution in [2.24, 2.45) is 5.92 Å². The van der Waals surface area contributed by atoms with E-state index in [0.717, 1.165) is 17.5 Å². The first-order chi connectivity index (χ1) is 10.2. The smallest absolute Gasteiger partial charge is 0.0896 e. The summed E-state index contributed by atoms with van der Waals surface area (Å²) in [5.74, 6) is 0.514. The predicted octanol–water partition coefficient (Wildman–Crippen LogP) is 5.00. The van der Waals surface area contributed by atoms with E-state index in [0.29, 0.717) is 12.0 Å². The molecule has 2 heterocycles. The summed E-state index contributed by atoms with van der Waals surface area (Å²) < 4.78 is 7.19. The van der Waals surface area contributed by atoms with E-state index in [1.807, 2.05) is 0 Å². The SMILES string of the molecule is Cc1ccc2c(c1)[C@H]1OCC[C@H]1[C@H](c1ccc(Br)cc1)N2. The highest BCUT2D eigenvalue weighted by atomic mass is 79.9. The number of aryl methyl sites for hydroxylation is 1. The van der Waals surface area contributed by atoms with E-state index in [1.54, 1.807) is 0 Å². The number of ether oxygens (including phenoxy) is 1. The van der Waals surface area contributed by atoms with Gasteiger partial charge < -0.3 is 10.1 Å². The third-order valence-electron chi connectivity index (χ3n) is 4.62. The molecule has 1 saturated heterocycles. The molecule has 2 aromatic rings. The van der Waals surface area contributed by atoms with Crippen LogP contribution in [0.25, 0.3) is 0 Å². The van der Waals surface area contributed by atoms with Crippen molar-refractivity contribution < 1.29 is 4.74 Å². The number of anilines is 1. The van der Waals surface area contributed by atoms with E-state index in [-0.39, 0.29) is 6.10 Å². The second-order valence-electron chi connectivity index (χ2n) is 6.01. The average molecular weight is 344 g/mol. The van der Waals surface area contributed by atoms with Crippen molar-refractivity contribution in [3.05, 3.63) is 63.6 Å². The van der Waals surface area contributed by atoms with E-state index >= 15 is 0 Å². The molecule has 2 nitrogen and oxygen atoms in total. The molecule has 0 spiro atoms. The molecule has 4 rings (SSSR count). The van der Waals surface area contributed by atoms with Crippen LogP contribution in [0.4, 0.5) is 5.69 Å². The van der Waals surface area contributed by atoms with Crippen LogP contribution in [0.2, 0.25) is 0 Å². The first kappa shape index (κ1) is 13.4. The number of hydrogen-bond acceptors (Lipinski definition) is 2. The average Bonchev–Trinajstić information content (AvgIpc) is 2.97. The summed E-state index contributed by atoms with van der Waals surface area (Å²) in [6.45, 7) is 3.00. The van der Waals surface area contributed by atoms with Gasteiger partial charge in [-0.1, -0.05) is 45.8 Å². The molecule has 0 aromatic heterocycles. The second kappa shape index (κ2) is 5.15. The van der Waals surface area contributed by atoms with Crippen LogP contribution in [0.1, 0.15) is 35.3 Å². The Morgan fingerprint density at radius 1 is 1.14 bits per heavy atom. The fourth-order valence-electron chi connectivity index (χ4n) is 3.59. The van der Waals surface area contributed by atoms with Gasteiger partial charge in [-0.15, -0.1) is 0 Å². The maximum atomic E-state index is 6.06. The first-order valence-electron chi connectivity index (χ1n) is 7.46. The molecule has 108 valence electrons. The molecule has 21 heavy (non-hydrogen) atoms. The third-order valence-corrected chi connectivity index (χ3v) is 5.15. The normalized spacial score (nSPS) is 26.9. The molecule has 1 fully saturated rings. The molecule has 1 N–H and O–H groups in total. The summed E-state index contributed by atoms with van der Waals surface area (Å²) in [4.78, 5) is 0. The van der Waals surface area contributed by atoms with Crippen LogP contribution in [0.3, 0.4) is 0 Å². The minimum atomic E-state index is 0.231. The van der Waals surface area contributed by atoms with Gasteiger partial charge in [-0.3, -0.25) is 0 Å². The zero-order valence-electron chi connectivity index (χ0n) is 12.0. The van der Waals surface area contributed by atoms with Gasteiger partial charge in [0.05, 0.1) is 12.1 Å². The lowest BCUT2D eigenvalue weighted by Crippen LogP contribution is -2.29. The van der Waals surface area contributed by atoms with Crippen molar-refractivity contribution in [3.63, 3.8) is 0 Å². The molecule has 3 atom stereocenters. The number of benzene rings is 2. The maximum absolute atomic E-state index is 6.06. The lowest BCUT2D eigenvalue weighted by molar-refractivity contribution is 0.0829. The van der Waals surface area contributed by atoms with Gasteiger partial charge in [0.2, 0.25) is 0 Å². The number of nitrogens with one attached hydrogen (secondary N) is 1. The Bertz CT molecular complexity index is 667. The molecule has 0 amide bonds. The molecule has 2 aliphatic rings. The number of hydrogen-bond donors (Lipinski definition) is 1. The van der Waals surface area contributed by atoms with Crippen LogP contribution < -0.4 is 5.32 Å². The lowest BCUT2D eigenvalue weighted by atomic mass is 9.81. The fourth-order valence-corrected chi connectivity index (χ4v) is 3.86. The quantitative estimate of drug-likeness (QED) is 0.786. The van der Waals surface area contributed by atoms with Crippen molar-refractivity contribution in [2.45, 2.75) is 25.5 Å². The zero-order chi connectivity index (χ0) is 14.4. The van der Waals surface area contributed by atoms with Crippen molar-refractivity contribution in [3.8, 4) is 0 Å². The van der Waals surface area contributed by atoms with E-state index in [1.165, 1.54) is 22.4 Å². The molecular weight excluding hydrogens is 326 g/mol. The van der Waals surface area contributed by atoms with Crippen LogP contribution in [0.15, 0.2) is 46.9 Å². The monoisotopic (exact) mass is 343 g/mol. The Hall–Kier alpha value is -1.32. The minimum absolute atomic E-state index is 0.231. The summed E-state index contributed by atoms with van der Waals surface area (Å²) in [5, 5.41) is 3.74. The molecule has 3 heteroatoms. The fraction of sp³-hybridized carbons (Fsp3) is 0.333. The van der Waals surface area contributed by atoms with Gasteiger partial charge in [0.15, 0.2) is 0 Å². The van der Waals surface area contributed by atoms with Gasteiger partial charge in [0.1, 0.15) is 0 Å². The highest BCUT2D eigenvalue weighted by molar-refractivity contribution is 9.10. The standard InChI is InChI=1S/C18H18BrNO/c1-11-2-7-16-15(10-11)18-14(8-9-21-18)17(20-16)12-3-5-13(19)6-4-12/h2-7,10,14,17-18,20H,8-9H2,1H3/t14-,17-,18-/m0/s1. The van der Waals surface area contributed by atoms with Gasteiger partial charge in [0, 0.05) is 28.2 Å². The Morgan fingerprint density at radius 3 is 2.76 bits per heavy atom. The number of halogens is 1. The van der Waals surface area contributed by atoms with Gasteiger partial charge in [-0.2, -0.15) is 0 Å². The summed E-state index contributed by atoms with van der Waals surface area (Å²) >= 11 is 3.51. The summed E-state index contributed by atoms with van der Waals surface area (Å²) in [6, 6.07) is 15.6. The Balaban J connectivity index is 1.77. The molecule has 2 aromatic carbocycles. The van der Waals surface area contributed by atoms with E-state index in [9.17, 15) is 0 Å². The lowest BCUT2D eigenvalue weighted by Gasteiger charge is -2.36. The maximum Gasteiger partial charge on any atom is 0.0896 e. The van der Waals surface area contributed by atoms with Crippen LogP contribution in [0.5, 0.6) is 0 Å². The minimum Gasteiger partial charge on any atom is -0.378 e. The van der Waals surface area contributed by atoms with Crippen LogP contribution in [-0.2, 0) is 4.74 Å². The van der Waals surface area contributed by atoms with Crippen molar-refractivity contribution in [1.82, 2.24) is 0 Å². The van der Waals surface area contributed by atoms with Gasteiger partial charge in [0.25, 0.3) is 0 Å². The molecular formula is C18H18BrNO. The van der Waals surface area contributed by atoms with E-state index in [2.05, 4.69) is 70.6 Å². The molecule has 0 saturated carbocycles. The van der Waals surface area contributed by atoms with E-state index in [4.69, 9.17) is 4.74 Å².